The van der Waals surface area contributed by atoms with Crippen molar-refractivity contribution in [2.75, 3.05) is 9.80 Å². The first kappa shape index (κ1) is 31.9. The van der Waals surface area contributed by atoms with Gasteiger partial charge in [-0.1, -0.05) is 128 Å². The van der Waals surface area contributed by atoms with E-state index in [9.17, 15) is 0 Å². The number of fused-ring (bicyclic) bond motifs is 2. The van der Waals surface area contributed by atoms with Crippen LogP contribution in [0.2, 0.25) is 44.3 Å². The van der Waals surface area contributed by atoms with Gasteiger partial charge in [0.25, 0.3) is 0 Å². The summed E-state index contributed by atoms with van der Waals surface area (Å²) in [6, 6.07) is 42.0. The Kier molecular flexibility index (Phi) is 8.43. The molecule has 2 aromatic heterocycles. The van der Waals surface area contributed by atoms with E-state index >= 15 is 0 Å². The maximum Gasteiger partial charge on any atom is 0.0887 e. The molecule has 7 heteroatoms. The molecule has 0 saturated heterocycles. The number of anilines is 6. The lowest BCUT2D eigenvalue weighted by Gasteiger charge is -2.31. The van der Waals surface area contributed by atoms with E-state index in [0.717, 1.165) is 34.1 Å². The molecule has 0 fully saturated rings. The molecule has 0 saturated carbocycles. The average molecular weight is 704 g/mol. The molecule has 47 heavy (non-hydrogen) atoms. The molecular weight excluding hydrogens is 664 g/mol. The summed E-state index contributed by atoms with van der Waals surface area (Å²) in [6.45, 7) is 14.4. The van der Waals surface area contributed by atoms with Gasteiger partial charge in [0.15, 0.2) is 0 Å². The molecule has 0 bridgehead atoms. The van der Waals surface area contributed by atoms with Gasteiger partial charge in [-0.05, 0) is 48.5 Å². The van der Waals surface area contributed by atoms with Crippen LogP contribution in [0.25, 0.3) is 20.2 Å². The molecule has 0 aliphatic rings. The molecule has 2 nitrogen and oxygen atoms in total. The van der Waals surface area contributed by atoms with Gasteiger partial charge in [0.05, 0.1) is 43.9 Å². The van der Waals surface area contributed by atoms with Crippen molar-refractivity contribution in [3.8, 4) is 0 Å². The van der Waals surface area contributed by atoms with Crippen LogP contribution in [0.4, 0.5) is 34.1 Å². The smallest absolute Gasteiger partial charge is 0.0887 e. The molecular formula is C40H39ClN2S2Si2. The van der Waals surface area contributed by atoms with Crippen molar-refractivity contribution >= 4 is 115 Å². The van der Waals surface area contributed by atoms with Gasteiger partial charge in [0.2, 0.25) is 0 Å². The zero-order chi connectivity index (χ0) is 32.9. The molecule has 5 aromatic carbocycles. The number of benzene rings is 5. The highest BCUT2D eigenvalue weighted by atomic mass is 35.5. The van der Waals surface area contributed by atoms with Crippen LogP contribution in [-0.2, 0) is 0 Å². The number of nitrogens with zero attached hydrogens (tertiary/aromatic N) is 2. The van der Waals surface area contributed by atoms with Crippen LogP contribution < -0.4 is 20.2 Å². The van der Waals surface area contributed by atoms with Crippen molar-refractivity contribution < 1.29 is 0 Å². The van der Waals surface area contributed by atoms with E-state index < -0.39 is 16.1 Å². The molecule has 7 aromatic rings. The number of rotatable bonds is 8. The van der Waals surface area contributed by atoms with E-state index in [1.54, 1.807) is 22.7 Å². The zero-order valence-electron chi connectivity index (χ0n) is 27.7. The number of hydrogen-bond donors (Lipinski definition) is 0. The van der Waals surface area contributed by atoms with Crippen molar-refractivity contribution in [2.24, 2.45) is 0 Å². The van der Waals surface area contributed by atoms with E-state index in [4.69, 9.17) is 11.6 Å². The van der Waals surface area contributed by atoms with Crippen LogP contribution in [0.3, 0.4) is 0 Å². The summed E-state index contributed by atoms with van der Waals surface area (Å²) in [5.41, 5.74) is 6.38. The van der Waals surface area contributed by atoms with Crippen LogP contribution >= 0.6 is 34.3 Å². The molecule has 0 radical (unpaired) electrons. The van der Waals surface area contributed by atoms with Crippen molar-refractivity contribution in [3.05, 3.63) is 131 Å². The topological polar surface area (TPSA) is 6.48 Å². The Balaban J connectivity index is 1.44. The summed E-state index contributed by atoms with van der Waals surface area (Å²) in [5.74, 6) is 0. The predicted molar refractivity (Wildman–Crippen MR) is 218 cm³/mol. The molecule has 0 spiro atoms. The third-order valence-corrected chi connectivity index (χ3v) is 15.2. The Morgan fingerprint density at radius 1 is 0.447 bits per heavy atom. The van der Waals surface area contributed by atoms with Gasteiger partial charge in [0.1, 0.15) is 0 Å². The first-order valence-corrected chi connectivity index (χ1v) is 25.2. The second-order valence-electron chi connectivity index (χ2n) is 14.1. The summed E-state index contributed by atoms with van der Waals surface area (Å²) in [4.78, 5) is 4.69. The molecule has 7 rings (SSSR count). The zero-order valence-corrected chi connectivity index (χ0v) is 32.1. The second kappa shape index (κ2) is 12.4. The lowest BCUT2D eigenvalue weighted by atomic mass is 10.1. The highest BCUT2D eigenvalue weighted by Crippen LogP contribution is 2.50. The Bertz CT molecular complexity index is 2040. The normalized spacial score (nSPS) is 12.1. The predicted octanol–water partition coefficient (Wildman–Crippen LogP) is 12.8. The minimum absolute atomic E-state index is 0.710. The van der Waals surface area contributed by atoms with Crippen LogP contribution in [-0.4, -0.2) is 16.1 Å². The molecule has 0 N–H and O–H groups in total. The molecule has 0 amide bonds. The third-order valence-electron chi connectivity index (χ3n) is 8.83. The van der Waals surface area contributed by atoms with Crippen LogP contribution in [0.1, 0.15) is 0 Å². The summed E-state index contributed by atoms with van der Waals surface area (Å²) in [7, 11) is -2.94. The monoisotopic (exact) mass is 702 g/mol. The van der Waals surface area contributed by atoms with Crippen LogP contribution in [0, 0.1) is 0 Å². The highest BCUT2D eigenvalue weighted by Gasteiger charge is 2.26. The van der Waals surface area contributed by atoms with E-state index in [1.165, 1.54) is 30.5 Å². The largest absolute Gasteiger partial charge is 0.307 e. The molecule has 0 atom stereocenters. The Labute approximate surface area is 293 Å². The standard InChI is InChI=1S/C40H39ClN2S2Si2/c1-46(2,3)30-22-18-28(19-23-30)42(36-26-44-38-16-9-7-12-32(36)38)34-14-11-15-35(40(34)41)43(29-20-24-31(25-21-29)47(4,5)6)37-27-45-39-17-10-8-13-33(37)39/h7-27H,1-6H3. The van der Waals surface area contributed by atoms with Gasteiger partial charge >= 0.3 is 0 Å². The van der Waals surface area contributed by atoms with Crippen molar-refractivity contribution in [1.82, 2.24) is 0 Å². The fourth-order valence-corrected chi connectivity index (χ4v) is 10.6. The maximum atomic E-state index is 7.68. The lowest BCUT2D eigenvalue weighted by Crippen LogP contribution is -2.37. The molecule has 0 unspecified atom stereocenters. The van der Waals surface area contributed by atoms with Gasteiger partial charge < -0.3 is 9.80 Å². The Hall–Kier alpha value is -3.66. The quantitative estimate of drug-likeness (QED) is 0.145. The van der Waals surface area contributed by atoms with E-state index in [2.05, 4.69) is 175 Å². The van der Waals surface area contributed by atoms with Gasteiger partial charge in [-0.2, -0.15) is 0 Å². The summed E-state index contributed by atoms with van der Waals surface area (Å²) >= 11 is 11.2. The van der Waals surface area contributed by atoms with Gasteiger partial charge in [0, 0.05) is 42.3 Å². The van der Waals surface area contributed by atoms with Crippen LogP contribution in [0.15, 0.2) is 126 Å². The number of thiophene rings is 2. The second-order valence-corrected chi connectivity index (χ2v) is 26.5. The summed E-state index contributed by atoms with van der Waals surface area (Å²) in [6.07, 6.45) is 0. The highest BCUT2D eigenvalue weighted by molar-refractivity contribution is 7.18. The first-order valence-electron chi connectivity index (χ1n) is 16.0. The fourth-order valence-electron chi connectivity index (χ4n) is 6.16. The van der Waals surface area contributed by atoms with Crippen molar-refractivity contribution in [3.63, 3.8) is 0 Å². The van der Waals surface area contributed by atoms with E-state index in [-0.39, 0.29) is 0 Å². The van der Waals surface area contributed by atoms with Crippen LogP contribution in [0.5, 0.6) is 0 Å². The minimum atomic E-state index is -1.47. The molecule has 236 valence electrons. The average Bonchev–Trinajstić information content (AvgIpc) is 3.68. The fraction of sp³-hybridized carbons (Fsp3) is 0.150. The van der Waals surface area contributed by atoms with Crippen molar-refractivity contribution in [1.29, 1.82) is 0 Å². The number of halogens is 1. The molecule has 0 aliphatic carbocycles. The lowest BCUT2D eigenvalue weighted by molar-refractivity contribution is 1.27. The minimum Gasteiger partial charge on any atom is -0.307 e. The van der Waals surface area contributed by atoms with E-state index in [1.807, 2.05) is 0 Å². The Morgan fingerprint density at radius 2 is 0.830 bits per heavy atom. The summed E-state index contributed by atoms with van der Waals surface area (Å²) < 4.78 is 2.51. The number of hydrogen-bond acceptors (Lipinski definition) is 4. The van der Waals surface area contributed by atoms with Gasteiger partial charge in [-0.25, -0.2) is 0 Å². The molecule has 2 heterocycles. The SMILES string of the molecule is C[Si](C)(C)c1ccc(N(c2cccc(N(c3ccc([Si](C)(C)C)cc3)c3csc4ccccc34)c2Cl)c2csc3ccccc23)cc1. The van der Waals surface area contributed by atoms with Crippen molar-refractivity contribution in [2.45, 2.75) is 39.3 Å². The van der Waals surface area contributed by atoms with E-state index in [0.29, 0.717) is 5.02 Å². The molecule has 0 aliphatic heterocycles. The maximum absolute atomic E-state index is 7.68. The van der Waals surface area contributed by atoms with Gasteiger partial charge in [-0.15, -0.1) is 22.7 Å². The van der Waals surface area contributed by atoms with Gasteiger partial charge in [-0.3, -0.25) is 0 Å². The summed E-state index contributed by atoms with van der Waals surface area (Å²) in [5, 5.41) is 10.5. The Morgan fingerprint density at radius 3 is 1.21 bits per heavy atom. The first-order chi connectivity index (χ1) is 22.5. The third kappa shape index (κ3) is 6.09.